The fourth-order valence-corrected chi connectivity index (χ4v) is 5.36. The van der Waals surface area contributed by atoms with E-state index in [9.17, 15) is 19.2 Å². The molecule has 0 radical (unpaired) electrons. The second-order valence-electron chi connectivity index (χ2n) is 9.13. The fraction of sp³-hybridized carbons (Fsp3) is 0.565. The molecule has 1 unspecified atom stereocenters. The van der Waals surface area contributed by atoms with Gasteiger partial charge in [0.2, 0.25) is 11.8 Å². The summed E-state index contributed by atoms with van der Waals surface area (Å²) in [5, 5.41) is 5.66. The highest BCUT2D eigenvalue weighted by atomic mass is 35.5. The molecule has 3 fully saturated rings. The molecule has 5 rings (SSSR count). The van der Waals surface area contributed by atoms with E-state index in [1.165, 1.54) is 12.8 Å². The first kappa shape index (κ1) is 23.7. The summed E-state index contributed by atoms with van der Waals surface area (Å²) in [6.07, 6.45) is 2.73. The first-order valence-corrected chi connectivity index (χ1v) is 11.6. The van der Waals surface area contributed by atoms with Crippen LogP contribution in [0.2, 0.25) is 0 Å². The Hall–Kier alpha value is -2.49. The Morgan fingerprint density at radius 2 is 1.64 bits per heavy atom. The predicted molar refractivity (Wildman–Crippen MR) is 125 cm³/mol. The van der Waals surface area contributed by atoms with E-state index >= 15 is 0 Å². The maximum atomic E-state index is 13.3. The van der Waals surface area contributed by atoms with Crippen LogP contribution in [0.25, 0.3) is 0 Å². The van der Waals surface area contributed by atoms with Crippen LogP contribution in [0.1, 0.15) is 46.4 Å². The zero-order chi connectivity index (χ0) is 22.2. The number of anilines is 1. The molecule has 3 saturated heterocycles. The first-order chi connectivity index (χ1) is 15.5. The topological polar surface area (TPSA) is 102 Å². The maximum Gasteiger partial charge on any atom is 0.264 e. The van der Waals surface area contributed by atoms with Gasteiger partial charge in [-0.15, -0.1) is 12.4 Å². The van der Waals surface area contributed by atoms with Gasteiger partial charge in [0.1, 0.15) is 6.04 Å². The minimum absolute atomic E-state index is 0. The summed E-state index contributed by atoms with van der Waals surface area (Å²) < 4.78 is 0. The maximum absolute atomic E-state index is 13.3. The molecule has 1 aromatic rings. The van der Waals surface area contributed by atoms with Crippen molar-refractivity contribution in [3.8, 4) is 0 Å². The Morgan fingerprint density at radius 3 is 2.33 bits per heavy atom. The molecule has 4 amide bonds. The Labute approximate surface area is 199 Å². The van der Waals surface area contributed by atoms with Gasteiger partial charge in [-0.25, -0.2) is 0 Å². The van der Waals surface area contributed by atoms with Crippen LogP contribution in [0.4, 0.5) is 5.69 Å². The Kier molecular flexibility index (Phi) is 7.02. The third-order valence-corrected chi connectivity index (χ3v) is 7.13. The van der Waals surface area contributed by atoms with Crippen LogP contribution in [-0.2, 0) is 9.59 Å². The van der Waals surface area contributed by atoms with Crippen molar-refractivity contribution < 1.29 is 19.2 Å². The quantitative estimate of drug-likeness (QED) is 0.616. The molecular formula is C23H30ClN5O4. The van der Waals surface area contributed by atoms with E-state index in [1.807, 2.05) is 6.07 Å². The molecule has 2 N–H and O–H groups in total. The molecule has 0 aromatic heterocycles. The average Bonchev–Trinajstić information content (AvgIpc) is 3.06. The molecular weight excluding hydrogens is 446 g/mol. The molecule has 1 aromatic carbocycles. The molecule has 0 spiro atoms. The van der Waals surface area contributed by atoms with E-state index in [-0.39, 0.29) is 31.2 Å². The third kappa shape index (κ3) is 4.49. The van der Waals surface area contributed by atoms with Crippen LogP contribution in [0.15, 0.2) is 18.2 Å². The van der Waals surface area contributed by atoms with Crippen molar-refractivity contribution in [2.24, 2.45) is 5.92 Å². The minimum Gasteiger partial charge on any atom is -0.368 e. The van der Waals surface area contributed by atoms with E-state index in [0.29, 0.717) is 11.1 Å². The number of benzene rings is 1. The number of piperazine rings is 1. The summed E-state index contributed by atoms with van der Waals surface area (Å²) >= 11 is 0. The van der Waals surface area contributed by atoms with Crippen molar-refractivity contribution in [2.75, 3.05) is 50.7 Å². The normalized spacial score (nSPS) is 24.5. The molecule has 0 bridgehead atoms. The standard InChI is InChI=1S/C23H29N5O4.ClH/c29-19-5-4-18(21(30)25-19)28-22(31)16-2-1-3-17(20(16)23(28)32)27-12-10-26(11-13-27)14-15-6-8-24-9-7-15;/h1-3,15,18,24H,4-14H2,(H,25,29,30);1H. The number of nitrogens with zero attached hydrogens (tertiary/aromatic N) is 3. The molecule has 0 aliphatic carbocycles. The van der Waals surface area contributed by atoms with Crippen molar-refractivity contribution in [1.29, 1.82) is 0 Å². The molecule has 4 heterocycles. The fourth-order valence-electron chi connectivity index (χ4n) is 5.36. The van der Waals surface area contributed by atoms with Gasteiger partial charge >= 0.3 is 0 Å². The Morgan fingerprint density at radius 1 is 0.909 bits per heavy atom. The van der Waals surface area contributed by atoms with Crippen LogP contribution in [0, 0.1) is 5.92 Å². The van der Waals surface area contributed by atoms with Gasteiger partial charge in [-0.3, -0.25) is 34.3 Å². The number of fused-ring (bicyclic) bond motifs is 1. The number of carbonyl (C=O) groups is 4. The van der Waals surface area contributed by atoms with Crippen LogP contribution in [-0.4, -0.2) is 85.3 Å². The number of imide groups is 2. The molecule has 1 atom stereocenters. The van der Waals surface area contributed by atoms with Crippen molar-refractivity contribution in [2.45, 2.75) is 31.7 Å². The van der Waals surface area contributed by atoms with E-state index in [0.717, 1.165) is 62.3 Å². The van der Waals surface area contributed by atoms with Gasteiger partial charge < -0.3 is 10.2 Å². The molecule has 10 heteroatoms. The number of piperidine rings is 2. The van der Waals surface area contributed by atoms with Crippen LogP contribution < -0.4 is 15.5 Å². The summed E-state index contributed by atoms with van der Waals surface area (Å²) in [6, 6.07) is 4.41. The number of rotatable bonds is 4. The van der Waals surface area contributed by atoms with Crippen molar-refractivity contribution >= 4 is 41.7 Å². The second-order valence-corrected chi connectivity index (χ2v) is 9.13. The van der Waals surface area contributed by atoms with Gasteiger partial charge in [0.25, 0.3) is 11.8 Å². The monoisotopic (exact) mass is 475 g/mol. The lowest BCUT2D eigenvalue weighted by Gasteiger charge is -2.38. The van der Waals surface area contributed by atoms with Crippen LogP contribution in [0.3, 0.4) is 0 Å². The first-order valence-electron chi connectivity index (χ1n) is 11.6. The summed E-state index contributed by atoms with van der Waals surface area (Å²) in [5.74, 6) is -1.10. The number of carbonyl (C=O) groups excluding carboxylic acids is 4. The van der Waals surface area contributed by atoms with E-state index < -0.39 is 23.8 Å². The molecule has 0 saturated carbocycles. The zero-order valence-corrected chi connectivity index (χ0v) is 19.4. The highest BCUT2D eigenvalue weighted by molar-refractivity contribution is 6.25. The highest BCUT2D eigenvalue weighted by Gasteiger charge is 2.46. The van der Waals surface area contributed by atoms with Gasteiger partial charge in [0.15, 0.2) is 0 Å². The minimum atomic E-state index is -0.935. The zero-order valence-electron chi connectivity index (χ0n) is 18.5. The molecule has 4 aliphatic rings. The van der Waals surface area contributed by atoms with Crippen LogP contribution >= 0.6 is 12.4 Å². The summed E-state index contributed by atoms with van der Waals surface area (Å²) in [6.45, 7) is 6.74. The Bertz CT molecular complexity index is 956. The highest BCUT2D eigenvalue weighted by Crippen LogP contribution is 2.34. The van der Waals surface area contributed by atoms with Crippen molar-refractivity contribution in [3.63, 3.8) is 0 Å². The molecule has 178 valence electrons. The lowest BCUT2D eigenvalue weighted by atomic mass is 9.97. The number of halogens is 1. The SMILES string of the molecule is Cl.O=C1CCC(N2C(=O)c3cccc(N4CCN(CC5CCNCC5)CC4)c3C2=O)C(=O)N1. The van der Waals surface area contributed by atoms with Gasteiger partial charge in [0.05, 0.1) is 16.8 Å². The van der Waals surface area contributed by atoms with Gasteiger partial charge in [0, 0.05) is 39.1 Å². The predicted octanol–water partition coefficient (Wildman–Crippen LogP) is 0.631. The smallest absolute Gasteiger partial charge is 0.264 e. The Balaban J connectivity index is 0.00000259. The van der Waals surface area contributed by atoms with E-state index in [2.05, 4.69) is 20.4 Å². The summed E-state index contributed by atoms with van der Waals surface area (Å²) in [7, 11) is 0. The number of amides is 4. The van der Waals surface area contributed by atoms with Gasteiger partial charge in [-0.05, 0) is 50.4 Å². The van der Waals surface area contributed by atoms with Crippen LogP contribution in [0.5, 0.6) is 0 Å². The van der Waals surface area contributed by atoms with E-state index in [1.54, 1.807) is 12.1 Å². The van der Waals surface area contributed by atoms with Crippen molar-refractivity contribution in [3.05, 3.63) is 29.3 Å². The number of nitrogens with one attached hydrogen (secondary N) is 2. The van der Waals surface area contributed by atoms with Crippen molar-refractivity contribution in [1.82, 2.24) is 20.4 Å². The lowest BCUT2D eigenvalue weighted by Crippen LogP contribution is -2.54. The summed E-state index contributed by atoms with van der Waals surface area (Å²) in [5.41, 5.74) is 1.49. The van der Waals surface area contributed by atoms with E-state index in [4.69, 9.17) is 0 Å². The molecule has 4 aliphatic heterocycles. The molecule has 33 heavy (non-hydrogen) atoms. The second kappa shape index (κ2) is 9.79. The van der Waals surface area contributed by atoms with Gasteiger partial charge in [-0.2, -0.15) is 0 Å². The summed E-state index contributed by atoms with van der Waals surface area (Å²) in [4.78, 5) is 55.9. The lowest BCUT2D eigenvalue weighted by molar-refractivity contribution is -0.136. The average molecular weight is 476 g/mol. The number of hydrogen-bond acceptors (Lipinski definition) is 7. The van der Waals surface area contributed by atoms with Gasteiger partial charge in [-0.1, -0.05) is 6.07 Å². The largest absolute Gasteiger partial charge is 0.368 e. The molecule has 9 nitrogen and oxygen atoms in total. The number of hydrogen-bond donors (Lipinski definition) is 2. The third-order valence-electron chi connectivity index (χ3n) is 7.13.